The molecule has 0 aliphatic rings. The van der Waals surface area contributed by atoms with E-state index in [0.29, 0.717) is 23.2 Å². The third-order valence-corrected chi connectivity index (χ3v) is 4.63. The number of benzene rings is 2. The Hall–Kier alpha value is -1.58. The van der Waals surface area contributed by atoms with Crippen LogP contribution in [0.4, 0.5) is 0 Å². The average molecular weight is 324 g/mol. The molecule has 0 saturated carbocycles. The molecule has 2 nitrogen and oxygen atoms in total. The molecule has 0 radical (unpaired) electrons. The second-order valence-corrected chi connectivity index (χ2v) is 7.53. The topological polar surface area (TPSA) is 40.5 Å². The Bertz CT molecular complexity index is 656. The van der Waals surface area contributed by atoms with Gasteiger partial charge in [0, 0.05) is 0 Å². The van der Waals surface area contributed by atoms with Gasteiger partial charge in [-0.15, -0.1) is 0 Å². The first kappa shape index (κ1) is 18.8. The van der Waals surface area contributed by atoms with E-state index in [-0.39, 0.29) is 0 Å². The maximum atomic E-state index is 9.32. The van der Waals surface area contributed by atoms with E-state index in [4.69, 9.17) is 0 Å². The minimum Gasteiger partial charge on any atom is -0.423 e. The zero-order chi connectivity index (χ0) is 18.0. The average Bonchev–Trinajstić information content (AvgIpc) is 2.53. The van der Waals surface area contributed by atoms with Gasteiger partial charge in [0.15, 0.2) is 0 Å². The van der Waals surface area contributed by atoms with Gasteiger partial charge in [0.25, 0.3) is 0 Å². The van der Waals surface area contributed by atoms with Crippen molar-refractivity contribution in [1.29, 1.82) is 0 Å². The fourth-order valence-electron chi connectivity index (χ4n) is 3.11. The van der Waals surface area contributed by atoms with Crippen LogP contribution in [-0.4, -0.2) is 17.2 Å². The molecule has 0 amide bonds. The second kappa shape index (κ2) is 7.54. The zero-order valence-electron chi connectivity index (χ0n) is 15.7. The summed E-state index contributed by atoms with van der Waals surface area (Å²) >= 11 is 0. The van der Waals surface area contributed by atoms with E-state index in [1.54, 1.807) is 12.1 Å². The van der Waals surface area contributed by atoms with Crippen LogP contribution >= 0.6 is 0 Å². The molecule has 0 aliphatic heterocycles. The van der Waals surface area contributed by atoms with Crippen LogP contribution in [0.3, 0.4) is 0 Å². The minimum absolute atomic E-state index is 0.430. The first-order valence-electron chi connectivity index (χ1n) is 8.86. The van der Waals surface area contributed by atoms with Crippen LogP contribution in [-0.2, 0) is 0 Å². The molecule has 0 atom stereocenters. The quantitative estimate of drug-likeness (QED) is 0.800. The summed E-state index contributed by atoms with van der Waals surface area (Å²) in [5.74, 6) is 1.36. The molecule has 0 aliphatic carbocycles. The van der Waals surface area contributed by atoms with E-state index < -0.39 is 7.12 Å². The van der Waals surface area contributed by atoms with Gasteiger partial charge in [-0.3, -0.25) is 0 Å². The first-order chi connectivity index (χ1) is 11.2. The highest BCUT2D eigenvalue weighted by atomic mass is 16.4. The third kappa shape index (κ3) is 3.91. The van der Waals surface area contributed by atoms with Crippen LogP contribution in [0, 0.1) is 0 Å². The van der Waals surface area contributed by atoms with Crippen LogP contribution in [0.25, 0.3) is 11.1 Å². The molecule has 0 bridgehead atoms. The summed E-state index contributed by atoms with van der Waals surface area (Å²) in [6.45, 7) is 13.4. The normalized spacial score (nSPS) is 11.6. The largest absolute Gasteiger partial charge is 0.488 e. The predicted molar refractivity (Wildman–Crippen MR) is 104 cm³/mol. The van der Waals surface area contributed by atoms with E-state index in [2.05, 4.69) is 53.7 Å². The lowest BCUT2D eigenvalue weighted by Gasteiger charge is -2.23. The van der Waals surface area contributed by atoms with Gasteiger partial charge in [0.05, 0.1) is 0 Å². The highest BCUT2D eigenvalue weighted by Crippen LogP contribution is 2.38. The smallest absolute Gasteiger partial charge is 0.423 e. The molecule has 0 spiro atoms. The zero-order valence-corrected chi connectivity index (χ0v) is 15.7. The molecule has 0 unspecified atom stereocenters. The fourth-order valence-corrected chi connectivity index (χ4v) is 3.11. The standard InChI is InChI=1S/C21H29BO2/c1-13(2)17-11-19(14(3)4)21(20(12-17)15(5)6)16-7-9-18(10-8-16)22(23)24/h7-15,23-24H,1-6H3. The molecular weight excluding hydrogens is 295 g/mol. The van der Waals surface area contributed by atoms with E-state index in [9.17, 15) is 10.0 Å². The Balaban J connectivity index is 2.70. The van der Waals surface area contributed by atoms with Crippen LogP contribution in [0.5, 0.6) is 0 Å². The van der Waals surface area contributed by atoms with Crippen LogP contribution in [0.2, 0.25) is 0 Å². The Morgan fingerprint density at radius 2 is 1.17 bits per heavy atom. The molecule has 2 aromatic carbocycles. The van der Waals surface area contributed by atoms with Gasteiger partial charge in [-0.25, -0.2) is 0 Å². The molecular formula is C21H29BO2. The van der Waals surface area contributed by atoms with Crippen molar-refractivity contribution < 1.29 is 10.0 Å². The molecule has 2 aromatic rings. The van der Waals surface area contributed by atoms with Crippen molar-refractivity contribution in [1.82, 2.24) is 0 Å². The van der Waals surface area contributed by atoms with E-state index in [1.165, 1.54) is 22.3 Å². The molecule has 2 rings (SSSR count). The third-order valence-electron chi connectivity index (χ3n) is 4.63. The van der Waals surface area contributed by atoms with Crippen molar-refractivity contribution in [2.24, 2.45) is 0 Å². The lowest BCUT2D eigenvalue weighted by atomic mass is 9.78. The second-order valence-electron chi connectivity index (χ2n) is 7.53. The van der Waals surface area contributed by atoms with Gasteiger partial charge >= 0.3 is 7.12 Å². The summed E-state index contributed by atoms with van der Waals surface area (Å²) < 4.78 is 0. The van der Waals surface area contributed by atoms with Gasteiger partial charge in [0.1, 0.15) is 0 Å². The molecule has 128 valence electrons. The molecule has 0 aromatic heterocycles. The van der Waals surface area contributed by atoms with E-state index in [1.807, 2.05) is 12.1 Å². The molecule has 0 heterocycles. The fraction of sp³-hybridized carbons (Fsp3) is 0.429. The molecule has 3 heteroatoms. The Kier molecular flexibility index (Phi) is 5.90. The van der Waals surface area contributed by atoms with Gasteiger partial charge < -0.3 is 10.0 Å². The van der Waals surface area contributed by atoms with Crippen molar-refractivity contribution >= 4 is 12.6 Å². The number of rotatable bonds is 5. The van der Waals surface area contributed by atoms with Crippen molar-refractivity contribution in [3.63, 3.8) is 0 Å². The summed E-state index contributed by atoms with van der Waals surface area (Å²) in [6.07, 6.45) is 0. The maximum Gasteiger partial charge on any atom is 0.488 e. The van der Waals surface area contributed by atoms with Crippen LogP contribution in [0.1, 0.15) is 76.0 Å². The molecule has 2 N–H and O–H groups in total. The summed E-state index contributed by atoms with van der Waals surface area (Å²) in [4.78, 5) is 0. The lowest BCUT2D eigenvalue weighted by Crippen LogP contribution is -2.29. The first-order valence-corrected chi connectivity index (χ1v) is 8.86. The molecule has 24 heavy (non-hydrogen) atoms. The lowest BCUT2D eigenvalue weighted by molar-refractivity contribution is 0.426. The van der Waals surface area contributed by atoms with Crippen molar-refractivity contribution in [2.75, 3.05) is 0 Å². The minimum atomic E-state index is -1.42. The maximum absolute atomic E-state index is 9.32. The Labute approximate surface area is 146 Å². The summed E-state index contributed by atoms with van der Waals surface area (Å²) in [6, 6.07) is 12.3. The highest BCUT2D eigenvalue weighted by molar-refractivity contribution is 6.58. The summed E-state index contributed by atoms with van der Waals surface area (Å²) in [7, 11) is -1.42. The van der Waals surface area contributed by atoms with Gasteiger partial charge in [-0.05, 0) is 51.0 Å². The van der Waals surface area contributed by atoms with Crippen molar-refractivity contribution in [3.8, 4) is 11.1 Å². The Morgan fingerprint density at radius 1 is 0.708 bits per heavy atom. The SMILES string of the molecule is CC(C)c1cc(C(C)C)c(-c2ccc(B(O)O)cc2)c(C(C)C)c1. The van der Waals surface area contributed by atoms with Crippen LogP contribution < -0.4 is 5.46 Å². The van der Waals surface area contributed by atoms with Crippen molar-refractivity contribution in [3.05, 3.63) is 53.1 Å². The van der Waals surface area contributed by atoms with Gasteiger partial charge in [-0.2, -0.15) is 0 Å². The molecule has 0 saturated heterocycles. The summed E-state index contributed by atoms with van der Waals surface area (Å²) in [5.41, 5.74) is 7.07. The number of hydrogen-bond acceptors (Lipinski definition) is 2. The number of hydrogen-bond donors (Lipinski definition) is 2. The van der Waals surface area contributed by atoms with Crippen molar-refractivity contribution in [2.45, 2.75) is 59.3 Å². The summed E-state index contributed by atoms with van der Waals surface area (Å²) in [5, 5.41) is 18.6. The highest BCUT2D eigenvalue weighted by Gasteiger charge is 2.19. The predicted octanol–water partition coefficient (Wildman–Crippen LogP) is 4.40. The van der Waals surface area contributed by atoms with Gasteiger partial charge in [-0.1, -0.05) is 77.9 Å². The van der Waals surface area contributed by atoms with Crippen LogP contribution in [0.15, 0.2) is 36.4 Å². The monoisotopic (exact) mass is 324 g/mol. The van der Waals surface area contributed by atoms with E-state index in [0.717, 1.165) is 5.56 Å². The van der Waals surface area contributed by atoms with Gasteiger partial charge in [0.2, 0.25) is 0 Å². The Morgan fingerprint density at radius 3 is 1.50 bits per heavy atom. The molecule has 0 fully saturated rings. The van der Waals surface area contributed by atoms with E-state index >= 15 is 0 Å².